The summed E-state index contributed by atoms with van der Waals surface area (Å²) < 4.78 is 5.75. The summed E-state index contributed by atoms with van der Waals surface area (Å²) in [6.07, 6.45) is 3.04. The van der Waals surface area contributed by atoms with Crippen molar-refractivity contribution in [1.29, 1.82) is 0 Å². The minimum Gasteiger partial charge on any atom is -0.443 e. The Bertz CT molecular complexity index is 530. The first-order valence-electron chi connectivity index (χ1n) is 7.66. The van der Waals surface area contributed by atoms with E-state index in [0.29, 0.717) is 32.2 Å². The molecule has 1 aliphatic carbocycles. The van der Waals surface area contributed by atoms with Gasteiger partial charge in [0.2, 0.25) is 0 Å². The third kappa shape index (κ3) is 2.80. The summed E-state index contributed by atoms with van der Waals surface area (Å²) in [6, 6.07) is 10.0. The van der Waals surface area contributed by atoms with Crippen LogP contribution in [-0.4, -0.2) is 28.9 Å². The van der Waals surface area contributed by atoms with Crippen molar-refractivity contribution >= 4 is 11.9 Å². The molecule has 0 bridgehead atoms. The van der Waals surface area contributed by atoms with Gasteiger partial charge in [0.25, 0.3) is 0 Å². The Labute approximate surface area is 125 Å². The number of Topliss-reactive ketones (excluding diaryl/α,β-unsaturated/α-hetero) is 1. The summed E-state index contributed by atoms with van der Waals surface area (Å²) in [6.45, 7) is 2.72. The fourth-order valence-corrected chi connectivity index (χ4v) is 3.31. The normalized spacial score (nSPS) is 23.0. The smallest absolute Gasteiger partial charge is 0.410 e. The van der Waals surface area contributed by atoms with Gasteiger partial charge in [0.15, 0.2) is 0 Å². The van der Waals surface area contributed by atoms with Gasteiger partial charge in [0.1, 0.15) is 11.4 Å². The van der Waals surface area contributed by atoms with Crippen molar-refractivity contribution in [2.75, 3.05) is 6.54 Å². The Hall–Kier alpha value is -1.84. The molecule has 2 aliphatic rings. The Morgan fingerprint density at radius 2 is 1.76 bits per heavy atom. The molecule has 0 N–H and O–H groups in total. The van der Waals surface area contributed by atoms with Gasteiger partial charge < -0.3 is 9.64 Å². The van der Waals surface area contributed by atoms with Crippen LogP contribution in [0.4, 0.5) is 4.79 Å². The highest BCUT2D eigenvalue weighted by molar-refractivity contribution is 5.80. The SMILES string of the molecule is C[C@@H](c1ccccc1)N1CCC2(CCC(=O)CC2)OC1=O. The summed E-state index contributed by atoms with van der Waals surface area (Å²) in [5.41, 5.74) is 0.724. The van der Waals surface area contributed by atoms with Crippen molar-refractivity contribution in [3.63, 3.8) is 0 Å². The van der Waals surface area contributed by atoms with Crippen LogP contribution >= 0.6 is 0 Å². The predicted molar refractivity (Wildman–Crippen MR) is 78.9 cm³/mol. The highest BCUT2D eigenvalue weighted by Crippen LogP contribution is 2.38. The van der Waals surface area contributed by atoms with Crippen molar-refractivity contribution < 1.29 is 14.3 Å². The minimum absolute atomic E-state index is 0.0151. The second-order valence-corrected chi connectivity index (χ2v) is 6.12. The lowest BCUT2D eigenvalue weighted by Gasteiger charge is -2.44. The zero-order valence-electron chi connectivity index (χ0n) is 12.4. The van der Waals surface area contributed by atoms with E-state index in [4.69, 9.17) is 4.74 Å². The number of nitrogens with zero attached hydrogens (tertiary/aromatic N) is 1. The summed E-state index contributed by atoms with van der Waals surface area (Å²) in [7, 11) is 0. The van der Waals surface area contributed by atoms with Crippen LogP contribution < -0.4 is 0 Å². The first-order chi connectivity index (χ1) is 10.1. The zero-order valence-corrected chi connectivity index (χ0v) is 12.4. The molecular weight excluding hydrogens is 266 g/mol. The second kappa shape index (κ2) is 5.51. The van der Waals surface area contributed by atoms with E-state index in [1.54, 1.807) is 4.90 Å². The van der Waals surface area contributed by atoms with Crippen molar-refractivity contribution in [3.05, 3.63) is 35.9 Å². The van der Waals surface area contributed by atoms with Gasteiger partial charge >= 0.3 is 6.09 Å². The van der Waals surface area contributed by atoms with E-state index in [0.717, 1.165) is 12.0 Å². The molecule has 1 aromatic rings. The number of carbonyl (C=O) groups excluding carboxylic acids is 2. The lowest BCUT2D eigenvalue weighted by molar-refractivity contribution is -0.129. The molecule has 112 valence electrons. The molecule has 1 spiro atoms. The number of benzene rings is 1. The molecule has 1 aromatic carbocycles. The molecule has 1 amide bonds. The van der Waals surface area contributed by atoms with E-state index in [1.165, 1.54) is 0 Å². The fourth-order valence-electron chi connectivity index (χ4n) is 3.31. The van der Waals surface area contributed by atoms with Crippen LogP contribution in [0.1, 0.15) is 50.6 Å². The number of rotatable bonds is 2. The number of hydrogen-bond acceptors (Lipinski definition) is 3. The third-order valence-electron chi connectivity index (χ3n) is 4.82. The third-order valence-corrected chi connectivity index (χ3v) is 4.82. The highest BCUT2D eigenvalue weighted by atomic mass is 16.6. The van der Waals surface area contributed by atoms with Crippen LogP contribution in [0.5, 0.6) is 0 Å². The van der Waals surface area contributed by atoms with Gasteiger partial charge in [-0.25, -0.2) is 4.79 Å². The van der Waals surface area contributed by atoms with E-state index in [1.807, 2.05) is 37.3 Å². The van der Waals surface area contributed by atoms with E-state index in [9.17, 15) is 9.59 Å². The largest absolute Gasteiger partial charge is 0.443 e. The van der Waals surface area contributed by atoms with Crippen LogP contribution in [0.3, 0.4) is 0 Å². The lowest BCUT2D eigenvalue weighted by atomic mass is 9.80. The molecule has 0 aromatic heterocycles. The quantitative estimate of drug-likeness (QED) is 0.836. The Balaban J connectivity index is 1.69. The molecule has 1 saturated carbocycles. The predicted octanol–water partition coefficient (Wildman–Crippen LogP) is 3.47. The van der Waals surface area contributed by atoms with Crippen molar-refractivity contribution in [1.82, 2.24) is 4.90 Å². The van der Waals surface area contributed by atoms with Crippen LogP contribution in [-0.2, 0) is 9.53 Å². The van der Waals surface area contributed by atoms with E-state index in [2.05, 4.69) is 0 Å². The van der Waals surface area contributed by atoms with Gasteiger partial charge in [0.05, 0.1) is 6.04 Å². The average molecular weight is 287 g/mol. The molecule has 1 heterocycles. The molecule has 1 atom stereocenters. The maximum absolute atomic E-state index is 12.4. The molecule has 4 nitrogen and oxygen atoms in total. The van der Waals surface area contributed by atoms with Gasteiger partial charge in [-0.3, -0.25) is 4.79 Å². The molecule has 1 saturated heterocycles. The lowest BCUT2D eigenvalue weighted by Crippen LogP contribution is -2.51. The molecule has 2 fully saturated rings. The van der Waals surface area contributed by atoms with Crippen molar-refractivity contribution in [2.45, 2.75) is 50.7 Å². The zero-order chi connectivity index (χ0) is 14.9. The number of ketones is 1. The summed E-state index contributed by atoms with van der Waals surface area (Å²) in [5.74, 6) is 0.289. The second-order valence-electron chi connectivity index (χ2n) is 6.12. The van der Waals surface area contributed by atoms with Gasteiger partial charge in [-0.2, -0.15) is 0 Å². The standard InChI is InChI=1S/C17H21NO3/c1-13(14-5-3-2-4-6-14)18-12-11-17(21-16(18)20)9-7-15(19)8-10-17/h2-6,13H,7-12H2,1H3/t13-/m0/s1. The molecule has 0 unspecified atom stereocenters. The van der Waals surface area contributed by atoms with Gasteiger partial charge in [0, 0.05) is 25.8 Å². The molecule has 1 aliphatic heterocycles. The monoisotopic (exact) mass is 287 g/mol. The highest BCUT2D eigenvalue weighted by Gasteiger charge is 2.44. The molecule has 4 heteroatoms. The molecule has 0 radical (unpaired) electrons. The topological polar surface area (TPSA) is 46.6 Å². The number of hydrogen-bond donors (Lipinski definition) is 0. The van der Waals surface area contributed by atoms with Gasteiger partial charge in [-0.05, 0) is 25.3 Å². The van der Waals surface area contributed by atoms with Gasteiger partial charge in [-0.15, -0.1) is 0 Å². The number of ether oxygens (including phenoxy) is 1. The van der Waals surface area contributed by atoms with Crippen LogP contribution in [0, 0.1) is 0 Å². The number of carbonyl (C=O) groups is 2. The minimum atomic E-state index is -0.391. The maximum Gasteiger partial charge on any atom is 0.410 e. The molecular formula is C17H21NO3. The fraction of sp³-hybridized carbons (Fsp3) is 0.529. The van der Waals surface area contributed by atoms with Crippen LogP contribution in [0.2, 0.25) is 0 Å². The van der Waals surface area contributed by atoms with E-state index < -0.39 is 5.60 Å². The van der Waals surface area contributed by atoms with Crippen molar-refractivity contribution in [2.24, 2.45) is 0 Å². The maximum atomic E-state index is 12.4. The summed E-state index contributed by atoms with van der Waals surface area (Å²) in [5, 5.41) is 0. The molecule has 21 heavy (non-hydrogen) atoms. The summed E-state index contributed by atoms with van der Waals surface area (Å²) in [4.78, 5) is 25.5. The van der Waals surface area contributed by atoms with Crippen molar-refractivity contribution in [3.8, 4) is 0 Å². The number of amides is 1. The van der Waals surface area contributed by atoms with Crippen LogP contribution in [0.25, 0.3) is 0 Å². The first-order valence-corrected chi connectivity index (χ1v) is 7.66. The Morgan fingerprint density at radius 1 is 1.10 bits per heavy atom. The Kier molecular flexibility index (Phi) is 3.70. The van der Waals surface area contributed by atoms with Crippen LogP contribution in [0.15, 0.2) is 30.3 Å². The summed E-state index contributed by atoms with van der Waals surface area (Å²) >= 11 is 0. The Morgan fingerprint density at radius 3 is 2.38 bits per heavy atom. The average Bonchev–Trinajstić information content (AvgIpc) is 2.51. The molecule has 3 rings (SSSR count). The first kappa shape index (κ1) is 14.1. The van der Waals surface area contributed by atoms with Gasteiger partial charge in [-0.1, -0.05) is 30.3 Å². The van der Waals surface area contributed by atoms with E-state index in [-0.39, 0.29) is 17.9 Å². The van der Waals surface area contributed by atoms with E-state index >= 15 is 0 Å².